The molecule has 2 unspecified atom stereocenters. The highest BCUT2D eigenvalue weighted by molar-refractivity contribution is 5.34. The first-order valence-corrected chi connectivity index (χ1v) is 7.83. The van der Waals surface area contributed by atoms with E-state index in [9.17, 15) is 0 Å². The number of fused-ring (bicyclic) bond motifs is 1. The molecule has 1 aliphatic carbocycles. The third-order valence-corrected chi connectivity index (χ3v) is 4.52. The monoisotopic (exact) mass is 284 g/mol. The summed E-state index contributed by atoms with van der Waals surface area (Å²) in [6.45, 7) is 8.58. The van der Waals surface area contributed by atoms with Crippen molar-refractivity contribution < 1.29 is 4.42 Å². The van der Waals surface area contributed by atoms with E-state index in [0.29, 0.717) is 12.1 Å². The summed E-state index contributed by atoms with van der Waals surface area (Å²) in [6, 6.07) is 4.97. The van der Waals surface area contributed by atoms with Gasteiger partial charge in [-0.1, -0.05) is 0 Å². The second kappa shape index (κ2) is 5.64. The molecule has 2 aromatic rings. The SMILES string of the molecule is Cc1cc(C)c(C(C)NC2CCCc3occc32)c(C)n1. The zero-order valence-electron chi connectivity index (χ0n) is 13.4. The number of furan rings is 1. The number of aryl methyl sites for hydroxylation is 4. The number of nitrogens with one attached hydrogen (secondary N) is 1. The Kier molecular flexibility index (Phi) is 3.85. The van der Waals surface area contributed by atoms with Crippen LogP contribution in [0.2, 0.25) is 0 Å². The molecular formula is C18H24N2O. The molecule has 2 heterocycles. The van der Waals surface area contributed by atoms with Crippen molar-refractivity contribution >= 4 is 0 Å². The lowest BCUT2D eigenvalue weighted by Crippen LogP contribution is -2.28. The van der Waals surface area contributed by atoms with Crippen LogP contribution >= 0.6 is 0 Å². The molecule has 0 aromatic carbocycles. The van der Waals surface area contributed by atoms with Crippen molar-refractivity contribution in [2.45, 2.75) is 59.0 Å². The molecule has 1 aliphatic rings. The zero-order valence-corrected chi connectivity index (χ0v) is 13.4. The summed E-state index contributed by atoms with van der Waals surface area (Å²) in [5.74, 6) is 1.15. The van der Waals surface area contributed by atoms with E-state index in [1.54, 1.807) is 0 Å². The Labute approximate surface area is 126 Å². The van der Waals surface area contributed by atoms with Gasteiger partial charge in [-0.05, 0) is 63.8 Å². The minimum atomic E-state index is 0.295. The smallest absolute Gasteiger partial charge is 0.108 e. The van der Waals surface area contributed by atoms with Crippen molar-refractivity contribution in [3.63, 3.8) is 0 Å². The number of hydrogen-bond donors (Lipinski definition) is 1. The van der Waals surface area contributed by atoms with Gasteiger partial charge in [0, 0.05) is 35.5 Å². The molecule has 21 heavy (non-hydrogen) atoms. The number of pyridine rings is 1. The molecule has 0 saturated carbocycles. The van der Waals surface area contributed by atoms with Gasteiger partial charge in [0.15, 0.2) is 0 Å². The highest BCUT2D eigenvalue weighted by Gasteiger charge is 2.25. The molecule has 3 heteroatoms. The molecule has 0 aliphatic heterocycles. The molecule has 0 amide bonds. The molecule has 0 saturated heterocycles. The average molecular weight is 284 g/mol. The minimum absolute atomic E-state index is 0.295. The van der Waals surface area contributed by atoms with E-state index in [1.165, 1.54) is 29.5 Å². The first-order valence-electron chi connectivity index (χ1n) is 7.83. The van der Waals surface area contributed by atoms with Crippen LogP contribution in [0.4, 0.5) is 0 Å². The maximum absolute atomic E-state index is 5.58. The van der Waals surface area contributed by atoms with Crippen LogP contribution in [0.1, 0.15) is 65.7 Å². The normalized spacial score (nSPS) is 19.3. The summed E-state index contributed by atoms with van der Waals surface area (Å²) in [7, 11) is 0. The quantitative estimate of drug-likeness (QED) is 0.911. The van der Waals surface area contributed by atoms with Gasteiger partial charge < -0.3 is 9.73 Å². The fourth-order valence-electron chi connectivity index (χ4n) is 3.73. The van der Waals surface area contributed by atoms with Crippen LogP contribution in [0.15, 0.2) is 22.8 Å². The van der Waals surface area contributed by atoms with Crippen LogP contribution in [0.3, 0.4) is 0 Å². The van der Waals surface area contributed by atoms with Crippen molar-refractivity contribution in [1.29, 1.82) is 0 Å². The van der Waals surface area contributed by atoms with Crippen LogP contribution in [0.5, 0.6) is 0 Å². The Hall–Kier alpha value is -1.61. The molecule has 0 fully saturated rings. The predicted molar refractivity (Wildman–Crippen MR) is 84.4 cm³/mol. The third kappa shape index (κ3) is 2.75. The van der Waals surface area contributed by atoms with Gasteiger partial charge in [-0.2, -0.15) is 0 Å². The van der Waals surface area contributed by atoms with Crippen LogP contribution in [-0.2, 0) is 6.42 Å². The number of aromatic nitrogens is 1. The van der Waals surface area contributed by atoms with Crippen molar-refractivity contribution in [1.82, 2.24) is 10.3 Å². The Morgan fingerprint density at radius 3 is 2.90 bits per heavy atom. The predicted octanol–water partition coefficient (Wildman–Crippen LogP) is 4.33. The molecular weight excluding hydrogens is 260 g/mol. The van der Waals surface area contributed by atoms with Gasteiger partial charge >= 0.3 is 0 Å². The molecule has 2 aromatic heterocycles. The Balaban J connectivity index is 1.84. The van der Waals surface area contributed by atoms with E-state index in [4.69, 9.17) is 4.42 Å². The standard InChI is InChI=1S/C18H24N2O/c1-11-10-12(2)19-13(3)18(11)14(4)20-16-6-5-7-17-15(16)8-9-21-17/h8-10,14,16,20H,5-7H2,1-4H3. The number of nitrogens with zero attached hydrogens (tertiary/aromatic N) is 1. The maximum atomic E-state index is 5.58. The lowest BCUT2D eigenvalue weighted by Gasteiger charge is -2.28. The minimum Gasteiger partial charge on any atom is -0.469 e. The summed E-state index contributed by atoms with van der Waals surface area (Å²) in [5.41, 5.74) is 6.22. The maximum Gasteiger partial charge on any atom is 0.108 e. The molecule has 3 rings (SSSR count). The van der Waals surface area contributed by atoms with E-state index in [0.717, 1.165) is 23.6 Å². The van der Waals surface area contributed by atoms with Crippen molar-refractivity contribution in [3.8, 4) is 0 Å². The van der Waals surface area contributed by atoms with Crippen molar-refractivity contribution in [3.05, 3.63) is 52.2 Å². The van der Waals surface area contributed by atoms with Gasteiger partial charge in [0.1, 0.15) is 5.76 Å². The van der Waals surface area contributed by atoms with Gasteiger partial charge in [0.25, 0.3) is 0 Å². The number of rotatable bonds is 3. The average Bonchev–Trinajstić information content (AvgIpc) is 2.86. The highest BCUT2D eigenvalue weighted by Crippen LogP contribution is 2.33. The lowest BCUT2D eigenvalue weighted by atomic mass is 9.91. The van der Waals surface area contributed by atoms with Crippen molar-refractivity contribution in [2.75, 3.05) is 0 Å². The lowest BCUT2D eigenvalue weighted by molar-refractivity contribution is 0.384. The van der Waals surface area contributed by atoms with E-state index in [1.807, 2.05) is 6.26 Å². The first-order chi connectivity index (χ1) is 10.1. The Morgan fingerprint density at radius 2 is 2.14 bits per heavy atom. The number of hydrogen-bond acceptors (Lipinski definition) is 3. The largest absolute Gasteiger partial charge is 0.469 e. The van der Waals surface area contributed by atoms with Gasteiger partial charge in [-0.3, -0.25) is 4.98 Å². The van der Waals surface area contributed by atoms with Crippen LogP contribution < -0.4 is 5.32 Å². The summed E-state index contributed by atoms with van der Waals surface area (Å²) >= 11 is 0. The fourth-order valence-corrected chi connectivity index (χ4v) is 3.73. The summed E-state index contributed by atoms with van der Waals surface area (Å²) in [4.78, 5) is 4.62. The molecule has 0 bridgehead atoms. The summed E-state index contributed by atoms with van der Waals surface area (Å²) < 4.78 is 5.58. The first kappa shape index (κ1) is 14.3. The van der Waals surface area contributed by atoms with E-state index in [-0.39, 0.29) is 0 Å². The topological polar surface area (TPSA) is 38.1 Å². The van der Waals surface area contributed by atoms with Gasteiger partial charge in [0.05, 0.1) is 6.26 Å². The fraction of sp³-hybridized carbons (Fsp3) is 0.500. The van der Waals surface area contributed by atoms with E-state index < -0.39 is 0 Å². The summed E-state index contributed by atoms with van der Waals surface area (Å²) in [5, 5.41) is 3.78. The summed E-state index contributed by atoms with van der Waals surface area (Å²) in [6.07, 6.45) is 5.25. The van der Waals surface area contributed by atoms with Crippen molar-refractivity contribution in [2.24, 2.45) is 0 Å². The highest BCUT2D eigenvalue weighted by atomic mass is 16.3. The zero-order chi connectivity index (χ0) is 15.0. The molecule has 2 atom stereocenters. The van der Waals surface area contributed by atoms with Gasteiger partial charge in [-0.15, -0.1) is 0 Å². The third-order valence-electron chi connectivity index (χ3n) is 4.52. The molecule has 0 radical (unpaired) electrons. The van der Waals surface area contributed by atoms with E-state index in [2.05, 4.69) is 50.1 Å². The van der Waals surface area contributed by atoms with Gasteiger partial charge in [-0.25, -0.2) is 0 Å². The molecule has 3 nitrogen and oxygen atoms in total. The Morgan fingerprint density at radius 1 is 1.33 bits per heavy atom. The molecule has 1 N–H and O–H groups in total. The molecule has 0 spiro atoms. The van der Waals surface area contributed by atoms with E-state index >= 15 is 0 Å². The van der Waals surface area contributed by atoms with Crippen LogP contribution in [0.25, 0.3) is 0 Å². The van der Waals surface area contributed by atoms with Crippen LogP contribution in [0, 0.1) is 20.8 Å². The second-order valence-electron chi connectivity index (χ2n) is 6.21. The Bertz CT molecular complexity index is 621. The van der Waals surface area contributed by atoms with Gasteiger partial charge in [0.2, 0.25) is 0 Å². The molecule has 112 valence electrons. The second-order valence-corrected chi connectivity index (χ2v) is 6.21. The van der Waals surface area contributed by atoms with Crippen LogP contribution in [-0.4, -0.2) is 4.98 Å².